The number of guanidine groups is 1. The Morgan fingerprint density at radius 3 is 2.38 bits per heavy atom. The molecule has 1 aliphatic rings. The van der Waals surface area contributed by atoms with Crippen LogP contribution in [0, 0.1) is 0 Å². The first-order chi connectivity index (χ1) is 13.7. The molecule has 0 atom stereocenters. The van der Waals surface area contributed by atoms with E-state index < -0.39 is 0 Å². The fourth-order valence-corrected chi connectivity index (χ4v) is 3.21. The zero-order chi connectivity index (χ0) is 19.6. The molecule has 2 N–H and O–H groups in total. The maximum Gasteiger partial charge on any atom is 0.191 e. The molecule has 0 bridgehead atoms. The summed E-state index contributed by atoms with van der Waals surface area (Å²) in [5.74, 6) is 0.763. The van der Waals surface area contributed by atoms with Crippen molar-refractivity contribution in [2.24, 2.45) is 4.99 Å². The van der Waals surface area contributed by atoms with Gasteiger partial charge in [-0.25, -0.2) is 0 Å². The van der Waals surface area contributed by atoms with E-state index in [-0.39, 0.29) is 24.0 Å². The van der Waals surface area contributed by atoms with Crippen molar-refractivity contribution >= 4 is 41.5 Å². The van der Waals surface area contributed by atoms with Crippen molar-refractivity contribution in [1.29, 1.82) is 0 Å². The van der Waals surface area contributed by atoms with E-state index in [1.54, 1.807) is 7.05 Å². The van der Waals surface area contributed by atoms with Crippen LogP contribution in [-0.4, -0.2) is 32.3 Å². The first-order valence-corrected chi connectivity index (χ1v) is 10.1. The molecule has 0 saturated carbocycles. The minimum atomic E-state index is 0. The molecule has 2 aromatic rings. The lowest BCUT2D eigenvalue weighted by molar-refractivity contribution is -0.0390. The van der Waals surface area contributed by atoms with Crippen molar-refractivity contribution in [1.82, 2.24) is 10.6 Å². The van der Waals surface area contributed by atoms with Crippen LogP contribution in [0.15, 0.2) is 53.5 Å². The van der Waals surface area contributed by atoms with Gasteiger partial charge >= 0.3 is 0 Å². The van der Waals surface area contributed by atoms with E-state index in [2.05, 4.69) is 39.9 Å². The first kappa shape index (κ1) is 23.9. The third-order valence-corrected chi connectivity index (χ3v) is 4.95. The van der Waals surface area contributed by atoms with Crippen LogP contribution < -0.4 is 10.6 Å². The predicted octanol–water partition coefficient (Wildman–Crippen LogP) is 4.52. The smallest absolute Gasteiger partial charge is 0.191 e. The molecule has 0 spiro atoms. The van der Waals surface area contributed by atoms with E-state index in [0.717, 1.165) is 42.6 Å². The Morgan fingerprint density at radius 1 is 1.03 bits per heavy atom. The standard InChI is InChI=1S/C22H28ClN3O2.HI/c1-24-22(25-14-17-5-7-20(23)8-6-17)26-15-18-3-2-4-19(13-18)16-28-21-9-11-27-12-10-21;/h2-8,13,21H,9-12,14-16H2,1H3,(H2,24,25,26);1H. The number of hydrogen-bond donors (Lipinski definition) is 2. The molecule has 0 amide bonds. The largest absolute Gasteiger partial charge is 0.381 e. The van der Waals surface area contributed by atoms with Crippen LogP contribution in [0.25, 0.3) is 0 Å². The molecule has 0 aliphatic carbocycles. The van der Waals surface area contributed by atoms with Gasteiger partial charge in [-0.05, 0) is 41.7 Å². The van der Waals surface area contributed by atoms with Gasteiger partial charge in [-0.1, -0.05) is 48.0 Å². The Balaban J connectivity index is 0.00000300. The Hall–Kier alpha value is -1.35. The van der Waals surface area contributed by atoms with Gasteiger partial charge < -0.3 is 20.1 Å². The lowest BCUT2D eigenvalue weighted by Crippen LogP contribution is -2.36. The van der Waals surface area contributed by atoms with Crippen molar-refractivity contribution in [2.45, 2.75) is 38.6 Å². The first-order valence-electron chi connectivity index (χ1n) is 9.69. The highest BCUT2D eigenvalue weighted by Gasteiger charge is 2.14. The topological polar surface area (TPSA) is 54.9 Å². The van der Waals surface area contributed by atoms with Gasteiger partial charge in [0.1, 0.15) is 0 Å². The van der Waals surface area contributed by atoms with E-state index in [4.69, 9.17) is 21.1 Å². The van der Waals surface area contributed by atoms with Crippen LogP contribution in [-0.2, 0) is 29.2 Å². The fraction of sp³-hybridized carbons (Fsp3) is 0.409. The molecule has 1 saturated heterocycles. The highest BCUT2D eigenvalue weighted by molar-refractivity contribution is 14.0. The molecule has 29 heavy (non-hydrogen) atoms. The van der Waals surface area contributed by atoms with Gasteiger partial charge in [-0.2, -0.15) is 0 Å². The average Bonchev–Trinajstić information content (AvgIpc) is 2.75. The number of benzene rings is 2. The van der Waals surface area contributed by atoms with Crippen molar-refractivity contribution < 1.29 is 9.47 Å². The van der Waals surface area contributed by atoms with E-state index in [1.807, 2.05) is 24.3 Å². The van der Waals surface area contributed by atoms with Crippen LogP contribution in [0.3, 0.4) is 0 Å². The summed E-state index contributed by atoms with van der Waals surface area (Å²) in [5, 5.41) is 7.42. The number of nitrogens with one attached hydrogen (secondary N) is 2. The highest BCUT2D eigenvalue weighted by Crippen LogP contribution is 2.14. The second kappa shape index (κ2) is 13.1. The van der Waals surface area contributed by atoms with Crippen molar-refractivity contribution in [3.8, 4) is 0 Å². The minimum absolute atomic E-state index is 0. The molecule has 3 rings (SSSR count). The maximum absolute atomic E-state index is 6.02. The summed E-state index contributed by atoms with van der Waals surface area (Å²) in [7, 11) is 1.77. The molecular weight excluding hydrogens is 501 g/mol. The van der Waals surface area contributed by atoms with Gasteiger partial charge in [0.25, 0.3) is 0 Å². The zero-order valence-electron chi connectivity index (χ0n) is 16.7. The predicted molar refractivity (Wildman–Crippen MR) is 129 cm³/mol. The van der Waals surface area contributed by atoms with E-state index >= 15 is 0 Å². The number of hydrogen-bond acceptors (Lipinski definition) is 3. The Labute approximate surface area is 195 Å². The average molecular weight is 530 g/mol. The lowest BCUT2D eigenvalue weighted by atomic mass is 10.1. The quantitative estimate of drug-likeness (QED) is 0.315. The normalized spacial score (nSPS) is 14.9. The van der Waals surface area contributed by atoms with Gasteiger partial charge in [-0.3, -0.25) is 4.99 Å². The van der Waals surface area contributed by atoms with Gasteiger partial charge in [0, 0.05) is 38.4 Å². The number of rotatable bonds is 7. The monoisotopic (exact) mass is 529 g/mol. The van der Waals surface area contributed by atoms with Crippen LogP contribution >= 0.6 is 35.6 Å². The molecule has 0 aromatic heterocycles. The summed E-state index contributed by atoms with van der Waals surface area (Å²) < 4.78 is 11.4. The number of halogens is 2. The molecule has 1 heterocycles. The summed E-state index contributed by atoms with van der Waals surface area (Å²) in [6.45, 7) is 3.64. The van der Waals surface area contributed by atoms with Crippen molar-refractivity contribution in [3.05, 3.63) is 70.2 Å². The fourth-order valence-electron chi connectivity index (χ4n) is 3.08. The molecule has 0 radical (unpaired) electrons. The second-order valence-electron chi connectivity index (χ2n) is 6.85. The molecule has 1 fully saturated rings. The van der Waals surface area contributed by atoms with Gasteiger partial charge in [0.05, 0.1) is 12.7 Å². The SMILES string of the molecule is CN=C(NCc1ccc(Cl)cc1)NCc1cccc(COC2CCOCC2)c1.I. The van der Waals surface area contributed by atoms with Gasteiger partial charge in [-0.15, -0.1) is 24.0 Å². The Morgan fingerprint density at radius 2 is 1.69 bits per heavy atom. The van der Waals surface area contributed by atoms with Crippen LogP contribution in [0.1, 0.15) is 29.5 Å². The molecule has 2 aromatic carbocycles. The van der Waals surface area contributed by atoms with Crippen molar-refractivity contribution in [3.63, 3.8) is 0 Å². The Bertz CT molecular complexity index is 765. The third-order valence-electron chi connectivity index (χ3n) is 4.70. The summed E-state index contributed by atoms with van der Waals surface area (Å²) in [5.41, 5.74) is 3.54. The maximum atomic E-state index is 6.02. The number of aliphatic imine (C=N–C) groups is 1. The lowest BCUT2D eigenvalue weighted by Gasteiger charge is -2.22. The van der Waals surface area contributed by atoms with Gasteiger partial charge in [0.15, 0.2) is 5.96 Å². The molecule has 7 heteroatoms. The van der Waals surface area contributed by atoms with Crippen LogP contribution in [0.4, 0.5) is 0 Å². The van der Waals surface area contributed by atoms with Crippen LogP contribution in [0.2, 0.25) is 5.02 Å². The number of ether oxygens (including phenoxy) is 2. The number of nitrogens with zero attached hydrogens (tertiary/aromatic N) is 1. The van der Waals surface area contributed by atoms with Gasteiger partial charge in [0.2, 0.25) is 0 Å². The molecule has 5 nitrogen and oxygen atoms in total. The van der Waals surface area contributed by atoms with E-state index in [9.17, 15) is 0 Å². The summed E-state index contributed by atoms with van der Waals surface area (Å²) >= 11 is 5.93. The van der Waals surface area contributed by atoms with Crippen molar-refractivity contribution in [2.75, 3.05) is 20.3 Å². The molecule has 0 unspecified atom stereocenters. The second-order valence-corrected chi connectivity index (χ2v) is 7.28. The van der Waals surface area contributed by atoms with E-state index in [0.29, 0.717) is 25.8 Å². The third kappa shape index (κ3) is 8.50. The molecule has 1 aliphatic heterocycles. The Kier molecular flexibility index (Phi) is 10.8. The van der Waals surface area contributed by atoms with E-state index in [1.165, 1.54) is 11.1 Å². The summed E-state index contributed by atoms with van der Waals surface area (Å²) in [4.78, 5) is 4.29. The minimum Gasteiger partial charge on any atom is -0.381 e. The summed E-state index contributed by atoms with van der Waals surface area (Å²) in [6.07, 6.45) is 2.28. The zero-order valence-corrected chi connectivity index (χ0v) is 19.8. The molecule has 158 valence electrons. The van der Waals surface area contributed by atoms with Crippen LogP contribution in [0.5, 0.6) is 0 Å². The molecular formula is C22H29ClIN3O2. The highest BCUT2D eigenvalue weighted by atomic mass is 127. The summed E-state index contributed by atoms with van der Waals surface area (Å²) in [6, 6.07) is 16.3.